The van der Waals surface area contributed by atoms with E-state index in [1.807, 2.05) is 6.07 Å². The molecule has 90 valence electrons. The van der Waals surface area contributed by atoms with E-state index >= 15 is 0 Å². The molecule has 4 heteroatoms. The summed E-state index contributed by atoms with van der Waals surface area (Å²) in [6.07, 6.45) is 3.71. The fourth-order valence-electron chi connectivity index (χ4n) is 2.45. The number of nitrogens with one attached hydrogen (secondary N) is 1. The fourth-order valence-corrected chi connectivity index (χ4v) is 3.51. The molecule has 1 aliphatic rings. The molecule has 1 saturated carbocycles. The normalized spacial score (nSPS) is 25.1. The van der Waals surface area contributed by atoms with Crippen molar-refractivity contribution < 1.29 is 5.11 Å². The van der Waals surface area contributed by atoms with Crippen molar-refractivity contribution in [1.29, 1.82) is 0 Å². The molecule has 1 aromatic heterocycles. The van der Waals surface area contributed by atoms with Gasteiger partial charge in [-0.1, -0.05) is 18.0 Å². The molecule has 0 bridgehead atoms. The molecule has 0 radical (unpaired) electrons. The number of aliphatic hydroxyl groups excluding tert-OH is 1. The smallest absolute Gasteiger partial charge is 0.0931 e. The molecular formula is C12H18ClNOS. The molecule has 1 aliphatic carbocycles. The van der Waals surface area contributed by atoms with Crippen molar-refractivity contribution in [3.63, 3.8) is 0 Å². The van der Waals surface area contributed by atoms with E-state index in [2.05, 4.69) is 11.4 Å². The maximum Gasteiger partial charge on any atom is 0.0931 e. The highest BCUT2D eigenvalue weighted by molar-refractivity contribution is 7.16. The van der Waals surface area contributed by atoms with Crippen molar-refractivity contribution >= 4 is 22.9 Å². The Bertz CT molecular complexity index is 329. The molecule has 0 aromatic carbocycles. The summed E-state index contributed by atoms with van der Waals surface area (Å²) < 4.78 is 0.853. The minimum absolute atomic E-state index is 0.344. The molecule has 2 rings (SSSR count). The van der Waals surface area contributed by atoms with Crippen molar-refractivity contribution in [2.45, 2.75) is 25.8 Å². The predicted molar refractivity (Wildman–Crippen MR) is 69.0 cm³/mol. The van der Waals surface area contributed by atoms with Gasteiger partial charge in [0.25, 0.3) is 0 Å². The van der Waals surface area contributed by atoms with E-state index in [1.165, 1.54) is 24.1 Å². The zero-order valence-electron chi connectivity index (χ0n) is 9.29. The zero-order valence-corrected chi connectivity index (χ0v) is 10.9. The molecule has 1 aromatic rings. The first-order chi connectivity index (χ1) is 7.79. The monoisotopic (exact) mass is 259 g/mol. The first-order valence-corrected chi connectivity index (χ1v) is 7.05. The summed E-state index contributed by atoms with van der Waals surface area (Å²) >= 11 is 7.50. The Morgan fingerprint density at radius 1 is 1.38 bits per heavy atom. The molecule has 1 fully saturated rings. The summed E-state index contributed by atoms with van der Waals surface area (Å²) in [6, 6.07) is 4.01. The van der Waals surface area contributed by atoms with E-state index in [1.54, 1.807) is 11.3 Å². The summed E-state index contributed by atoms with van der Waals surface area (Å²) in [4.78, 5) is 1.28. The van der Waals surface area contributed by atoms with Crippen molar-refractivity contribution in [3.8, 4) is 0 Å². The van der Waals surface area contributed by atoms with Crippen LogP contribution in [0.5, 0.6) is 0 Å². The van der Waals surface area contributed by atoms with Gasteiger partial charge in [-0.05, 0) is 43.4 Å². The minimum atomic E-state index is 0.344. The van der Waals surface area contributed by atoms with Crippen LogP contribution in [0.3, 0.4) is 0 Å². The van der Waals surface area contributed by atoms with Crippen molar-refractivity contribution in [3.05, 3.63) is 21.3 Å². The zero-order chi connectivity index (χ0) is 11.4. The van der Waals surface area contributed by atoms with Gasteiger partial charge in [-0.25, -0.2) is 0 Å². The molecular weight excluding hydrogens is 242 g/mol. The topological polar surface area (TPSA) is 32.3 Å². The highest BCUT2D eigenvalue weighted by atomic mass is 35.5. The van der Waals surface area contributed by atoms with Crippen LogP contribution in [0.15, 0.2) is 12.1 Å². The average molecular weight is 260 g/mol. The highest BCUT2D eigenvalue weighted by Gasteiger charge is 2.25. The summed E-state index contributed by atoms with van der Waals surface area (Å²) in [7, 11) is 0. The molecule has 0 aliphatic heterocycles. The lowest BCUT2D eigenvalue weighted by molar-refractivity contribution is 0.192. The van der Waals surface area contributed by atoms with Gasteiger partial charge in [-0.3, -0.25) is 0 Å². The van der Waals surface area contributed by atoms with Gasteiger partial charge in [-0.2, -0.15) is 0 Å². The van der Waals surface area contributed by atoms with Crippen LogP contribution >= 0.6 is 22.9 Å². The predicted octanol–water partition coefficient (Wildman–Crippen LogP) is 2.90. The van der Waals surface area contributed by atoms with Gasteiger partial charge in [-0.15, -0.1) is 11.3 Å². The van der Waals surface area contributed by atoms with Gasteiger partial charge >= 0.3 is 0 Å². The lowest BCUT2D eigenvalue weighted by Crippen LogP contribution is -2.26. The number of halogens is 1. The number of aliphatic hydroxyl groups is 1. The Hall–Kier alpha value is -0.0900. The molecule has 1 heterocycles. The first-order valence-electron chi connectivity index (χ1n) is 5.85. The van der Waals surface area contributed by atoms with Gasteiger partial charge in [0.2, 0.25) is 0 Å². The molecule has 2 unspecified atom stereocenters. The molecule has 2 nitrogen and oxygen atoms in total. The van der Waals surface area contributed by atoms with E-state index in [0.717, 1.165) is 17.4 Å². The van der Waals surface area contributed by atoms with E-state index in [9.17, 15) is 5.11 Å². The Labute approximate surface area is 106 Å². The quantitative estimate of drug-likeness (QED) is 0.852. The third-order valence-electron chi connectivity index (χ3n) is 3.39. The molecule has 2 N–H and O–H groups in total. The summed E-state index contributed by atoms with van der Waals surface area (Å²) in [5, 5.41) is 12.7. The highest BCUT2D eigenvalue weighted by Crippen LogP contribution is 2.30. The second-order valence-electron chi connectivity index (χ2n) is 4.47. The van der Waals surface area contributed by atoms with Gasteiger partial charge in [0.15, 0.2) is 0 Å². The third kappa shape index (κ3) is 3.20. The second-order valence-corrected chi connectivity index (χ2v) is 6.27. The van der Waals surface area contributed by atoms with Crippen LogP contribution in [0.2, 0.25) is 4.34 Å². The van der Waals surface area contributed by atoms with Crippen LogP contribution in [0, 0.1) is 11.8 Å². The molecule has 2 atom stereocenters. The van der Waals surface area contributed by atoms with Gasteiger partial charge < -0.3 is 10.4 Å². The summed E-state index contributed by atoms with van der Waals surface area (Å²) in [5.74, 6) is 1.17. The van der Waals surface area contributed by atoms with Crippen molar-refractivity contribution in [1.82, 2.24) is 5.32 Å². The van der Waals surface area contributed by atoms with Crippen LogP contribution in [0.25, 0.3) is 0 Å². The van der Waals surface area contributed by atoms with Crippen LogP contribution in [-0.4, -0.2) is 18.3 Å². The van der Waals surface area contributed by atoms with Crippen LogP contribution in [0.4, 0.5) is 0 Å². The number of hydrogen-bond donors (Lipinski definition) is 2. The largest absolute Gasteiger partial charge is 0.396 e. The van der Waals surface area contributed by atoms with Crippen LogP contribution in [0.1, 0.15) is 24.1 Å². The number of hydrogen-bond acceptors (Lipinski definition) is 3. The Morgan fingerprint density at radius 2 is 2.19 bits per heavy atom. The van der Waals surface area contributed by atoms with Gasteiger partial charge in [0.1, 0.15) is 0 Å². The van der Waals surface area contributed by atoms with E-state index in [0.29, 0.717) is 18.4 Å². The van der Waals surface area contributed by atoms with Crippen LogP contribution in [-0.2, 0) is 6.54 Å². The maximum atomic E-state index is 9.21. The summed E-state index contributed by atoms with van der Waals surface area (Å²) in [5.41, 5.74) is 0. The van der Waals surface area contributed by atoms with Crippen molar-refractivity contribution in [2.75, 3.05) is 13.2 Å². The first kappa shape index (κ1) is 12.4. The van der Waals surface area contributed by atoms with Gasteiger partial charge in [0.05, 0.1) is 4.34 Å². The standard InChI is InChI=1S/C12H18ClNOS/c13-12-5-4-11(16-12)7-14-6-9-2-1-3-10(9)8-15/h4-5,9-10,14-15H,1-3,6-8H2. The van der Waals surface area contributed by atoms with E-state index in [4.69, 9.17) is 11.6 Å². The molecule has 16 heavy (non-hydrogen) atoms. The summed E-state index contributed by atoms with van der Waals surface area (Å²) in [6.45, 7) is 2.25. The SMILES string of the molecule is OCC1CCCC1CNCc1ccc(Cl)s1. The lowest BCUT2D eigenvalue weighted by atomic mass is 9.97. The maximum absolute atomic E-state index is 9.21. The van der Waals surface area contributed by atoms with E-state index < -0.39 is 0 Å². The molecule has 0 spiro atoms. The third-order valence-corrected chi connectivity index (χ3v) is 4.62. The number of rotatable bonds is 5. The average Bonchev–Trinajstić information content (AvgIpc) is 2.87. The van der Waals surface area contributed by atoms with Gasteiger partial charge in [0, 0.05) is 18.0 Å². The lowest BCUT2D eigenvalue weighted by Gasteiger charge is -2.17. The van der Waals surface area contributed by atoms with Crippen LogP contribution < -0.4 is 5.32 Å². The van der Waals surface area contributed by atoms with Crippen molar-refractivity contribution in [2.24, 2.45) is 11.8 Å². The molecule has 0 amide bonds. The fraction of sp³-hybridized carbons (Fsp3) is 0.667. The second kappa shape index (κ2) is 6.01. The Morgan fingerprint density at radius 3 is 2.88 bits per heavy atom. The number of thiophene rings is 1. The Kier molecular flexibility index (Phi) is 4.65. The molecule has 0 saturated heterocycles. The minimum Gasteiger partial charge on any atom is -0.396 e. The Balaban J connectivity index is 1.71. The van der Waals surface area contributed by atoms with E-state index in [-0.39, 0.29) is 0 Å².